The fraction of sp³-hybridized carbons (Fsp3) is 0.769. The summed E-state index contributed by atoms with van der Waals surface area (Å²) in [5, 5.41) is 0. The lowest BCUT2D eigenvalue weighted by Crippen LogP contribution is -2.38. The molecule has 0 aromatic rings. The summed E-state index contributed by atoms with van der Waals surface area (Å²) in [5.74, 6) is -0.407. The van der Waals surface area contributed by atoms with Crippen molar-refractivity contribution < 1.29 is 13.2 Å². The van der Waals surface area contributed by atoms with Gasteiger partial charge >= 0.3 is 0 Å². The number of allylic oxidation sites excluding steroid dienone is 2. The minimum Gasteiger partial charge on any atom is -0.274 e. The van der Waals surface area contributed by atoms with E-state index in [2.05, 4.69) is 4.72 Å². The Morgan fingerprint density at radius 2 is 2.17 bits per heavy atom. The van der Waals surface area contributed by atoms with Gasteiger partial charge in [0.1, 0.15) is 0 Å². The fourth-order valence-electron chi connectivity index (χ4n) is 2.26. The summed E-state index contributed by atoms with van der Waals surface area (Å²) in [6.07, 6.45) is 8.03. The van der Waals surface area contributed by atoms with Crippen molar-refractivity contribution in [3.05, 3.63) is 12.2 Å². The summed E-state index contributed by atoms with van der Waals surface area (Å²) < 4.78 is 25.9. The number of amides is 1. The van der Waals surface area contributed by atoms with Gasteiger partial charge in [-0.2, -0.15) is 0 Å². The summed E-state index contributed by atoms with van der Waals surface area (Å²) in [6.45, 7) is 3.92. The molecule has 0 spiro atoms. The van der Waals surface area contributed by atoms with Crippen LogP contribution in [0.25, 0.3) is 0 Å². The monoisotopic (exact) mass is 273 g/mol. The van der Waals surface area contributed by atoms with Crippen molar-refractivity contribution in [2.45, 2.75) is 46.0 Å². The molecule has 0 aliphatic heterocycles. The standard InChI is InChI=1S/C13H23NO3S/c1-3-7-11(2)10-18(16,17)14-13(15)12-8-5-4-6-9-12/h4-5,11-12H,3,6-10H2,1-2H3,(H,14,15). The van der Waals surface area contributed by atoms with E-state index in [1.165, 1.54) is 0 Å². The first kappa shape index (κ1) is 15.2. The van der Waals surface area contributed by atoms with Crippen LogP contribution in [0, 0.1) is 11.8 Å². The molecule has 18 heavy (non-hydrogen) atoms. The molecule has 5 heteroatoms. The average molecular weight is 273 g/mol. The molecule has 1 aliphatic carbocycles. The Kier molecular flexibility index (Phi) is 5.85. The van der Waals surface area contributed by atoms with Gasteiger partial charge in [-0.1, -0.05) is 32.4 Å². The molecule has 1 rings (SSSR count). The number of sulfonamides is 1. The van der Waals surface area contributed by atoms with Crippen molar-refractivity contribution in [3.8, 4) is 0 Å². The van der Waals surface area contributed by atoms with Crippen molar-refractivity contribution in [1.82, 2.24) is 4.72 Å². The lowest BCUT2D eigenvalue weighted by atomic mass is 9.94. The van der Waals surface area contributed by atoms with Crippen molar-refractivity contribution in [1.29, 1.82) is 0 Å². The van der Waals surface area contributed by atoms with E-state index in [1.54, 1.807) is 0 Å². The van der Waals surface area contributed by atoms with Crippen LogP contribution in [-0.2, 0) is 14.8 Å². The molecule has 2 unspecified atom stereocenters. The Bertz CT molecular complexity index is 400. The van der Waals surface area contributed by atoms with E-state index in [-0.39, 0.29) is 23.5 Å². The molecular weight excluding hydrogens is 250 g/mol. The minimum absolute atomic E-state index is 0.0368. The summed E-state index contributed by atoms with van der Waals surface area (Å²) in [7, 11) is -3.48. The third-order valence-corrected chi connectivity index (χ3v) is 4.70. The van der Waals surface area contributed by atoms with Crippen LogP contribution in [0.3, 0.4) is 0 Å². The molecule has 1 aliphatic rings. The molecular formula is C13H23NO3S. The van der Waals surface area contributed by atoms with Gasteiger partial charge in [0.25, 0.3) is 0 Å². The van der Waals surface area contributed by atoms with Gasteiger partial charge in [0, 0.05) is 5.92 Å². The van der Waals surface area contributed by atoms with Crippen molar-refractivity contribution in [2.75, 3.05) is 5.75 Å². The van der Waals surface area contributed by atoms with Crippen LogP contribution in [0.2, 0.25) is 0 Å². The van der Waals surface area contributed by atoms with Gasteiger partial charge in [-0.3, -0.25) is 9.52 Å². The van der Waals surface area contributed by atoms with E-state index in [4.69, 9.17) is 0 Å². The van der Waals surface area contributed by atoms with E-state index in [1.807, 2.05) is 26.0 Å². The maximum Gasteiger partial charge on any atom is 0.236 e. The quantitative estimate of drug-likeness (QED) is 0.755. The zero-order valence-corrected chi connectivity index (χ0v) is 12.0. The zero-order valence-electron chi connectivity index (χ0n) is 11.2. The van der Waals surface area contributed by atoms with Crippen molar-refractivity contribution in [3.63, 3.8) is 0 Å². The lowest BCUT2D eigenvalue weighted by molar-refractivity contribution is -0.123. The first-order valence-corrected chi connectivity index (χ1v) is 8.29. The SMILES string of the molecule is CCCC(C)CS(=O)(=O)NC(=O)C1CC=CCC1. The predicted octanol–water partition coefficient (Wildman–Crippen LogP) is 2.22. The van der Waals surface area contributed by atoms with Crippen LogP contribution in [0.1, 0.15) is 46.0 Å². The zero-order chi connectivity index (χ0) is 13.6. The Labute approximate surface area is 110 Å². The van der Waals surface area contributed by atoms with Gasteiger partial charge in [0.2, 0.25) is 15.9 Å². The van der Waals surface area contributed by atoms with Crippen LogP contribution in [0.5, 0.6) is 0 Å². The molecule has 4 nitrogen and oxygen atoms in total. The maximum absolute atomic E-state index is 11.8. The van der Waals surface area contributed by atoms with E-state index in [9.17, 15) is 13.2 Å². The number of carbonyl (C=O) groups is 1. The molecule has 0 aromatic heterocycles. The molecule has 104 valence electrons. The topological polar surface area (TPSA) is 63.2 Å². The Morgan fingerprint density at radius 3 is 2.72 bits per heavy atom. The third-order valence-electron chi connectivity index (χ3n) is 3.18. The number of carbonyl (C=O) groups excluding carboxylic acids is 1. The molecule has 0 heterocycles. The molecule has 1 amide bonds. The van der Waals surface area contributed by atoms with Crippen LogP contribution < -0.4 is 4.72 Å². The molecule has 0 aromatic carbocycles. The van der Waals surface area contributed by atoms with Gasteiger partial charge in [0.15, 0.2) is 0 Å². The molecule has 1 N–H and O–H groups in total. The van der Waals surface area contributed by atoms with Crippen LogP contribution in [-0.4, -0.2) is 20.1 Å². The normalized spacial score (nSPS) is 21.6. The van der Waals surface area contributed by atoms with Crippen molar-refractivity contribution in [2.24, 2.45) is 11.8 Å². The fourth-order valence-corrected chi connectivity index (χ4v) is 3.73. The van der Waals surface area contributed by atoms with Gasteiger partial charge < -0.3 is 0 Å². The second kappa shape index (κ2) is 6.92. The first-order chi connectivity index (χ1) is 8.44. The molecule has 0 saturated carbocycles. The van der Waals surface area contributed by atoms with Gasteiger partial charge in [-0.25, -0.2) is 8.42 Å². The molecule has 2 atom stereocenters. The summed E-state index contributed by atoms with van der Waals surface area (Å²) in [5.41, 5.74) is 0. The molecule has 0 radical (unpaired) electrons. The van der Waals surface area contributed by atoms with Gasteiger partial charge in [-0.15, -0.1) is 0 Å². The van der Waals surface area contributed by atoms with Gasteiger partial charge in [0.05, 0.1) is 5.75 Å². The summed E-state index contributed by atoms with van der Waals surface area (Å²) in [4.78, 5) is 11.8. The highest BCUT2D eigenvalue weighted by Crippen LogP contribution is 2.18. The molecule has 0 saturated heterocycles. The number of hydrogen-bond donors (Lipinski definition) is 1. The number of hydrogen-bond acceptors (Lipinski definition) is 3. The van der Waals surface area contributed by atoms with Crippen molar-refractivity contribution >= 4 is 15.9 Å². The number of nitrogens with one attached hydrogen (secondary N) is 1. The highest BCUT2D eigenvalue weighted by atomic mass is 32.2. The molecule has 0 bridgehead atoms. The largest absolute Gasteiger partial charge is 0.274 e. The second-order valence-electron chi connectivity index (χ2n) is 5.12. The van der Waals surface area contributed by atoms with Crippen LogP contribution in [0.4, 0.5) is 0 Å². The Hall–Kier alpha value is -0.840. The minimum atomic E-state index is -3.48. The first-order valence-electron chi connectivity index (χ1n) is 6.64. The maximum atomic E-state index is 11.8. The van der Waals surface area contributed by atoms with Crippen LogP contribution in [0.15, 0.2) is 12.2 Å². The summed E-state index contributed by atoms with van der Waals surface area (Å²) >= 11 is 0. The lowest BCUT2D eigenvalue weighted by Gasteiger charge is -2.18. The van der Waals surface area contributed by atoms with Crippen LogP contribution >= 0.6 is 0 Å². The number of rotatable bonds is 6. The average Bonchev–Trinajstić information content (AvgIpc) is 2.29. The molecule has 0 fully saturated rings. The van der Waals surface area contributed by atoms with E-state index in [0.29, 0.717) is 6.42 Å². The second-order valence-corrected chi connectivity index (χ2v) is 6.89. The summed E-state index contributed by atoms with van der Waals surface area (Å²) in [6, 6.07) is 0. The third kappa shape index (κ3) is 5.21. The van der Waals surface area contributed by atoms with E-state index >= 15 is 0 Å². The predicted molar refractivity (Wildman–Crippen MR) is 72.5 cm³/mol. The van der Waals surface area contributed by atoms with Gasteiger partial charge in [-0.05, 0) is 31.6 Å². The Balaban J connectivity index is 2.49. The van der Waals surface area contributed by atoms with E-state index < -0.39 is 10.0 Å². The van der Waals surface area contributed by atoms with E-state index in [0.717, 1.165) is 25.7 Å². The Morgan fingerprint density at radius 1 is 1.44 bits per heavy atom. The smallest absolute Gasteiger partial charge is 0.236 e. The highest BCUT2D eigenvalue weighted by molar-refractivity contribution is 7.90. The highest BCUT2D eigenvalue weighted by Gasteiger charge is 2.24.